The maximum Gasteiger partial charge on any atom is 0.161 e. The van der Waals surface area contributed by atoms with Gasteiger partial charge in [0.25, 0.3) is 0 Å². The van der Waals surface area contributed by atoms with Gasteiger partial charge in [0.15, 0.2) is 5.65 Å². The number of aromatic nitrogens is 3. The Morgan fingerprint density at radius 2 is 2.06 bits per heavy atom. The molecule has 2 aromatic heterocycles. The summed E-state index contributed by atoms with van der Waals surface area (Å²) >= 11 is 0. The second-order valence-corrected chi connectivity index (χ2v) is 4.88. The van der Waals surface area contributed by atoms with E-state index in [1.807, 2.05) is 18.3 Å². The van der Waals surface area contributed by atoms with Gasteiger partial charge in [-0.05, 0) is 43.6 Å². The van der Waals surface area contributed by atoms with E-state index in [9.17, 15) is 0 Å². The number of nitrogens with zero attached hydrogens (tertiary/aromatic N) is 4. The highest BCUT2D eigenvalue weighted by molar-refractivity contribution is 5.41. The lowest BCUT2D eigenvalue weighted by molar-refractivity contribution is 0.340. The molecule has 0 unspecified atom stereocenters. The molecule has 0 spiro atoms. The fourth-order valence-electron chi connectivity index (χ4n) is 2.54. The zero-order valence-corrected chi connectivity index (χ0v) is 10.5. The second kappa shape index (κ2) is 5.04. The van der Waals surface area contributed by atoms with E-state index in [2.05, 4.69) is 19.5 Å². The van der Waals surface area contributed by atoms with Crippen LogP contribution in [0.2, 0.25) is 0 Å². The molecule has 1 aliphatic heterocycles. The topological polar surface area (TPSA) is 59.5 Å². The van der Waals surface area contributed by atoms with E-state index in [1.54, 1.807) is 0 Å². The minimum atomic E-state index is 0.548. The molecule has 5 heteroatoms. The molecule has 3 heterocycles. The molecule has 0 saturated carbocycles. The Morgan fingerprint density at radius 3 is 2.83 bits per heavy atom. The summed E-state index contributed by atoms with van der Waals surface area (Å²) in [6.45, 7) is 4.09. The van der Waals surface area contributed by atoms with Crippen molar-refractivity contribution in [2.75, 3.05) is 19.6 Å². The van der Waals surface area contributed by atoms with Crippen LogP contribution in [0.15, 0.2) is 18.3 Å². The molecule has 2 aromatic rings. The first-order chi connectivity index (χ1) is 8.86. The highest BCUT2D eigenvalue weighted by Gasteiger charge is 2.13. The minimum absolute atomic E-state index is 0.548. The zero-order valence-electron chi connectivity index (χ0n) is 10.5. The van der Waals surface area contributed by atoms with Crippen molar-refractivity contribution >= 4 is 5.65 Å². The van der Waals surface area contributed by atoms with Gasteiger partial charge in [-0.25, -0.2) is 0 Å². The Bertz CT molecular complexity index is 527. The second-order valence-electron chi connectivity index (χ2n) is 4.88. The van der Waals surface area contributed by atoms with Crippen molar-refractivity contribution in [3.63, 3.8) is 0 Å². The van der Waals surface area contributed by atoms with Crippen LogP contribution in [0, 0.1) is 0 Å². The summed E-state index contributed by atoms with van der Waals surface area (Å²) in [5, 5.41) is 8.49. The summed E-state index contributed by atoms with van der Waals surface area (Å²) in [7, 11) is 0. The molecular weight excluding hydrogens is 226 g/mol. The molecule has 5 nitrogen and oxygen atoms in total. The summed E-state index contributed by atoms with van der Waals surface area (Å²) in [6.07, 6.45) is 5.65. The van der Waals surface area contributed by atoms with E-state index in [0.717, 1.165) is 30.0 Å². The van der Waals surface area contributed by atoms with Crippen LogP contribution in [-0.2, 0) is 13.0 Å². The van der Waals surface area contributed by atoms with Gasteiger partial charge in [-0.2, -0.15) is 0 Å². The summed E-state index contributed by atoms with van der Waals surface area (Å²) in [6, 6.07) is 4.04. The van der Waals surface area contributed by atoms with Gasteiger partial charge in [0.2, 0.25) is 0 Å². The maximum absolute atomic E-state index is 5.62. The Balaban J connectivity index is 1.75. The van der Waals surface area contributed by atoms with E-state index in [4.69, 9.17) is 5.73 Å². The number of nitrogens with two attached hydrogens (primary N) is 1. The Morgan fingerprint density at radius 1 is 1.22 bits per heavy atom. The molecule has 0 amide bonds. The lowest BCUT2D eigenvalue weighted by atomic mass is 10.2. The fourth-order valence-corrected chi connectivity index (χ4v) is 2.54. The number of fused-ring (bicyclic) bond motifs is 1. The largest absolute Gasteiger partial charge is 0.326 e. The van der Waals surface area contributed by atoms with Crippen molar-refractivity contribution in [2.24, 2.45) is 5.73 Å². The molecule has 18 heavy (non-hydrogen) atoms. The number of likely N-dealkylation sites (tertiary alicyclic amines) is 1. The zero-order chi connectivity index (χ0) is 12.4. The third-order valence-corrected chi connectivity index (χ3v) is 3.63. The van der Waals surface area contributed by atoms with Crippen LogP contribution in [0.25, 0.3) is 5.65 Å². The van der Waals surface area contributed by atoms with Gasteiger partial charge in [-0.3, -0.25) is 4.40 Å². The number of pyridine rings is 1. The van der Waals surface area contributed by atoms with E-state index in [-0.39, 0.29) is 0 Å². The first-order valence-electron chi connectivity index (χ1n) is 6.62. The van der Waals surface area contributed by atoms with Gasteiger partial charge in [-0.15, -0.1) is 10.2 Å². The molecule has 0 atom stereocenters. The molecular formula is C13H19N5. The lowest BCUT2D eigenvalue weighted by Crippen LogP contribution is -2.22. The number of rotatable bonds is 4. The first-order valence-corrected chi connectivity index (χ1v) is 6.62. The van der Waals surface area contributed by atoms with Crippen LogP contribution in [0.4, 0.5) is 0 Å². The van der Waals surface area contributed by atoms with Crippen molar-refractivity contribution in [3.05, 3.63) is 29.7 Å². The van der Waals surface area contributed by atoms with Gasteiger partial charge >= 0.3 is 0 Å². The third kappa shape index (κ3) is 2.23. The number of hydrogen-bond donors (Lipinski definition) is 1. The van der Waals surface area contributed by atoms with E-state index < -0.39 is 0 Å². The quantitative estimate of drug-likeness (QED) is 0.866. The van der Waals surface area contributed by atoms with Crippen LogP contribution in [0.5, 0.6) is 0 Å². The Labute approximate surface area is 107 Å². The average molecular weight is 245 g/mol. The molecule has 0 radical (unpaired) electrons. The molecule has 0 bridgehead atoms. The monoisotopic (exact) mass is 245 g/mol. The van der Waals surface area contributed by atoms with Gasteiger partial charge in [0.05, 0.1) is 0 Å². The van der Waals surface area contributed by atoms with Gasteiger partial charge in [0, 0.05) is 25.7 Å². The SMILES string of the molecule is NCc1ccn2c(CCN3CCCC3)nnc2c1. The summed E-state index contributed by atoms with van der Waals surface area (Å²) in [5.41, 5.74) is 7.62. The third-order valence-electron chi connectivity index (χ3n) is 3.63. The van der Waals surface area contributed by atoms with Crippen molar-refractivity contribution in [3.8, 4) is 0 Å². The average Bonchev–Trinajstić information content (AvgIpc) is 3.05. The highest BCUT2D eigenvalue weighted by atomic mass is 15.2. The Hall–Kier alpha value is -1.46. The van der Waals surface area contributed by atoms with Crippen molar-refractivity contribution in [1.29, 1.82) is 0 Å². The van der Waals surface area contributed by atoms with Gasteiger partial charge in [-0.1, -0.05) is 0 Å². The summed E-state index contributed by atoms with van der Waals surface area (Å²) in [5.74, 6) is 1.04. The van der Waals surface area contributed by atoms with E-state index in [0.29, 0.717) is 6.54 Å². The molecule has 1 fully saturated rings. The predicted molar refractivity (Wildman–Crippen MR) is 70.3 cm³/mol. The Kier molecular flexibility index (Phi) is 3.25. The van der Waals surface area contributed by atoms with Gasteiger partial charge < -0.3 is 10.6 Å². The van der Waals surface area contributed by atoms with Crippen LogP contribution in [0.1, 0.15) is 24.2 Å². The van der Waals surface area contributed by atoms with Gasteiger partial charge in [0.1, 0.15) is 5.82 Å². The van der Waals surface area contributed by atoms with Crippen LogP contribution < -0.4 is 5.73 Å². The predicted octanol–water partition coefficient (Wildman–Crippen LogP) is 0.826. The minimum Gasteiger partial charge on any atom is -0.326 e. The molecule has 1 saturated heterocycles. The van der Waals surface area contributed by atoms with Crippen LogP contribution in [-0.4, -0.2) is 39.1 Å². The summed E-state index contributed by atoms with van der Waals surface area (Å²) in [4.78, 5) is 2.50. The highest BCUT2D eigenvalue weighted by Crippen LogP contribution is 2.10. The lowest BCUT2D eigenvalue weighted by Gasteiger charge is -2.13. The fraction of sp³-hybridized carbons (Fsp3) is 0.538. The molecule has 0 aliphatic carbocycles. The van der Waals surface area contributed by atoms with E-state index >= 15 is 0 Å². The smallest absolute Gasteiger partial charge is 0.161 e. The molecule has 2 N–H and O–H groups in total. The standard InChI is InChI=1S/C13H19N5/c14-10-11-3-8-18-12(15-16-13(18)9-11)4-7-17-5-1-2-6-17/h3,8-9H,1-2,4-7,10,14H2. The first kappa shape index (κ1) is 11.6. The summed E-state index contributed by atoms with van der Waals surface area (Å²) < 4.78 is 2.06. The van der Waals surface area contributed by atoms with Crippen molar-refractivity contribution in [2.45, 2.75) is 25.8 Å². The molecule has 1 aliphatic rings. The molecule has 0 aromatic carbocycles. The van der Waals surface area contributed by atoms with E-state index in [1.165, 1.54) is 25.9 Å². The van der Waals surface area contributed by atoms with Crippen molar-refractivity contribution < 1.29 is 0 Å². The van der Waals surface area contributed by atoms with Crippen LogP contribution >= 0.6 is 0 Å². The maximum atomic E-state index is 5.62. The normalized spacial score (nSPS) is 16.7. The van der Waals surface area contributed by atoms with Crippen LogP contribution in [0.3, 0.4) is 0 Å². The molecule has 3 rings (SSSR count). The van der Waals surface area contributed by atoms with Crippen molar-refractivity contribution in [1.82, 2.24) is 19.5 Å². The number of hydrogen-bond acceptors (Lipinski definition) is 4. The molecule has 96 valence electrons.